The molecule has 4 aromatic rings. The van der Waals surface area contributed by atoms with Crippen LogP contribution in [0.25, 0.3) is 10.1 Å². The summed E-state index contributed by atoms with van der Waals surface area (Å²) in [5.41, 5.74) is 0.433. The average molecular weight is 473 g/mol. The monoisotopic (exact) mass is 472 g/mol. The number of carbonyl (C=O) groups is 2. The molecule has 31 heavy (non-hydrogen) atoms. The van der Waals surface area contributed by atoms with Crippen molar-refractivity contribution in [2.24, 2.45) is 0 Å². The van der Waals surface area contributed by atoms with Gasteiger partial charge in [-0.3, -0.25) is 9.59 Å². The first-order valence-electron chi connectivity index (χ1n) is 8.95. The minimum absolute atomic E-state index is 0.0142. The molecule has 1 heterocycles. The molecule has 0 fully saturated rings. The molecule has 0 radical (unpaired) electrons. The van der Waals surface area contributed by atoms with E-state index >= 15 is 0 Å². The number of fused-ring (bicyclic) bond motifs is 1. The smallest absolute Gasteiger partial charge is 0.267 e. The second kappa shape index (κ2) is 8.47. The van der Waals surface area contributed by atoms with E-state index in [1.54, 1.807) is 24.3 Å². The Bertz CT molecular complexity index is 1320. The second-order valence-corrected chi connectivity index (χ2v) is 8.41. The van der Waals surface area contributed by atoms with Crippen molar-refractivity contribution in [3.8, 4) is 11.5 Å². The van der Waals surface area contributed by atoms with E-state index in [1.165, 1.54) is 11.3 Å². The zero-order chi connectivity index (χ0) is 22.1. The molecule has 3 aromatic carbocycles. The first kappa shape index (κ1) is 21.0. The molecule has 0 bridgehead atoms. The van der Waals surface area contributed by atoms with Gasteiger partial charge >= 0.3 is 0 Å². The Morgan fingerprint density at radius 1 is 0.839 bits per heavy atom. The molecule has 0 unspecified atom stereocenters. The molecule has 0 aliphatic carbocycles. The molecule has 0 saturated carbocycles. The van der Waals surface area contributed by atoms with Crippen molar-refractivity contribution in [3.63, 3.8) is 0 Å². The van der Waals surface area contributed by atoms with E-state index in [9.17, 15) is 19.8 Å². The van der Waals surface area contributed by atoms with Crippen LogP contribution in [0.15, 0.2) is 60.7 Å². The number of nitrogens with one attached hydrogen (secondary N) is 2. The van der Waals surface area contributed by atoms with Gasteiger partial charge in [0.05, 0.1) is 16.3 Å². The highest BCUT2D eigenvalue weighted by Gasteiger charge is 2.21. The topological polar surface area (TPSA) is 98.7 Å². The van der Waals surface area contributed by atoms with Gasteiger partial charge in [0.15, 0.2) is 11.5 Å². The van der Waals surface area contributed by atoms with Crippen LogP contribution in [-0.4, -0.2) is 22.0 Å². The summed E-state index contributed by atoms with van der Waals surface area (Å²) in [5, 5.41) is 26.6. The zero-order valence-electron chi connectivity index (χ0n) is 15.6. The van der Waals surface area contributed by atoms with Crippen LogP contribution in [0.4, 0.5) is 11.4 Å². The van der Waals surface area contributed by atoms with Gasteiger partial charge in [-0.1, -0.05) is 41.4 Å². The van der Waals surface area contributed by atoms with Crippen molar-refractivity contribution in [2.45, 2.75) is 0 Å². The number of carbonyl (C=O) groups excluding carboxylic acids is 2. The van der Waals surface area contributed by atoms with Crippen LogP contribution in [0.5, 0.6) is 11.5 Å². The number of aromatic hydroxyl groups is 2. The molecule has 0 atom stereocenters. The quantitative estimate of drug-likeness (QED) is 0.212. The lowest BCUT2D eigenvalue weighted by Crippen LogP contribution is -2.18. The summed E-state index contributed by atoms with van der Waals surface area (Å²) in [5.74, 6) is -2.13. The van der Waals surface area contributed by atoms with Gasteiger partial charge < -0.3 is 20.8 Å². The summed E-state index contributed by atoms with van der Waals surface area (Å²) in [6, 6.07) is 15.9. The molecular weight excluding hydrogens is 459 g/mol. The van der Waals surface area contributed by atoms with Crippen molar-refractivity contribution < 1.29 is 19.8 Å². The summed E-state index contributed by atoms with van der Waals surface area (Å²) >= 11 is 13.4. The number of hydrogen-bond acceptors (Lipinski definition) is 5. The highest BCUT2D eigenvalue weighted by Crippen LogP contribution is 2.37. The fourth-order valence-corrected chi connectivity index (χ4v) is 4.48. The van der Waals surface area contributed by atoms with E-state index in [0.717, 1.165) is 22.2 Å². The SMILES string of the molecule is O=C(Nc1ccc(Cl)cc1)c1cc(O)c(O)cc1NC(=O)c1sc2ccccc2c1Cl. The summed E-state index contributed by atoms with van der Waals surface area (Å²) in [7, 11) is 0. The Hall–Kier alpha value is -3.26. The van der Waals surface area contributed by atoms with Crippen molar-refractivity contribution >= 4 is 67.8 Å². The maximum atomic E-state index is 12.9. The number of anilines is 2. The Labute approximate surface area is 190 Å². The largest absolute Gasteiger partial charge is 0.504 e. The standard InChI is InChI=1S/C22H14Cl2N2O4S/c23-11-5-7-12(8-6-11)25-21(29)14-9-16(27)17(28)10-15(14)26-22(30)20-19(24)13-3-1-2-4-18(13)31-20/h1-10,27-28H,(H,25,29)(H,26,30). The van der Waals surface area contributed by atoms with Crippen molar-refractivity contribution in [3.05, 3.63) is 81.1 Å². The number of rotatable bonds is 4. The van der Waals surface area contributed by atoms with Crippen LogP contribution in [-0.2, 0) is 0 Å². The van der Waals surface area contributed by atoms with Crippen molar-refractivity contribution in [1.29, 1.82) is 0 Å². The number of amides is 2. The van der Waals surface area contributed by atoms with Crippen LogP contribution in [0.1, 0.15) is 20.0 Å². The molecule has 4 N–H and O–H groups in total. The zero-order valence-corrected chi connectivity index (χ0v) is 18.0. The van der Waals surface area contributed by atoms with E-state index in [1.807, 2.05) is 24.3 Å². The molecule has 0 spiro atoms. The Morgan fingerprint density at radius 2 is 1.52 bits per heavy atom. The third-order valence-corrected chi connectivity index (χ3v) is 6.38. The van der Waals surface area contributed by atoms with E-state index < -0.39 is 23.3 Å². The third-order valence-electron chi connectivity index (χ3n) is 4.45. The van der Waals surface area contributed by atoms with Crippen molar-refractivity contribution in [2.75, 3.05) is 10.6 Å². The summed E-state index contributed by atoms with van der Waals surface area (Å²) in [6.07, 6.45) is 0. The van der Waals surface area contributed by atoms with Gasteiger partial charge in [0.2, 0.25) is 0 Å². The number of phenolic OH excluding ortho intramolecular Hbond substituents is 2. The van der Waals surface area contributed by atoms with Gasteiger partial charge in [0.25, 0.3) is 11.8 Å². The van der Waals surface area contributed by atoms with E-state index in [0.29, 0.717) is 15.7 Å². The summed E-state index contributed by atoms with van der Waals surface area (Å²) < 4.78 is 0.840. The molecule has 2 amide bonds. The third kappa shape index (κ3) is 4.29. The maximum Gasteiger partial charge on any atom is 0.267 e. The van der Waals surface area contributed by atoms with Gasteiger partial charge in [0, 0.05) is 26.9 Å². The lowest BCUT2D eigenvalue weighted by atomic mass is 10.1. The first-order chi connectivity index (χ1) is 14.8. The lowest BCUT2D eigenvalue weighted by molar-refractivity contribution is 0.102. The molecule has 156 valence electrons. The predicted molar refractivity (Wildman–Crippen MR) is 124 cm³/mol. The van der Waals surface area contributed by atoms with E-state index in [4.69, 9.17) is 23.2 Å². The molecule has 4 rings (SSSR count). The minimum atomic E-state index is -0.602. The number of phenols is 2. The molecule has 6 nitrogen and oxygen atoms in total. The fraction of sp³-hybridized carbons (Fsp3) is 0. The molecule has 0 aliphatic rings. The van der Waals surface area contributed by atoms with Crippen LogP contribution >= 0.6 is 34.5 Å². The Morgan fingerprint density at radius 3 is 2.23 bits per heavy atom. The van der Waals surface area contributed by atoms with Gasteiger partial charge in [-0.2, -0.15) is 0 Å². The van der Waals surface area contributed by atoms with Gasteiger partial charge in [-0.15, -0.1) is 11.3 Å². The highest BCUT2D eigenvalue weighted by molar-refractivity contribution is 7.21. The number of thiophene rings is 1. The summed E-state index contributed by atoms with van der Waals surface area (Å²) in [6.45, 7) is 0. The fourth-order valence-electron chi connectivity index (χ4n) is 2.94. The average Bonchev–Trinajstić information content (AvgIpc) is 3.09. The van der Waals surface area contributed by atoms with Gasteiger partial charge in [-0.25, -0.2) is 0 Å². The van der Waals surface area contributed by atoms with Crippen LogP contribution in [0.2, 0.25) is 10.0 Å². The second-order valence-electron chi connectivity index (χ2n) is 6.54. The van der Waals surface area contributed by atoms with Crippen LogP contribution in [0, 0.1) is 0 Å². The normalized spacial score (nSPS) is 10.8. The number of halogens is 2. The van der Waals surface area contributed by atoms with Crippen LogP contribution < -0.4 is 10.6 Å². The maximum absolute atomic E-state index is 12.9. The van der Waals surface area contributed by atoms with Crippen LogP contribution in [0.3, 0.4) is 0 Å². The molecular formula is C22H14Cl2N2O4S. The minimum Gasteiger partial charge on any atom is -0.504 e. The molecule has 0 aliphatic heterocycles. The number of benzene rings is 3. The lowest BCUT2D eigenvalue weighted by Gasteiger charge is -2.13. The molecule has 0 saturated heterocycles. The highest BCUT2D eigenvalue weighted by atomic mass is 35.5. The Balaban J connectivity index is 1.66. The predicted octanol–water partition coefficient (Wildman–Crippen LogP) is 6.12. The molecule has 9 heteroatoms. The Kier molecular flexibility index (Phi) is 5.73. The summed E-state index contributed by atoms with van der Waals surface area (Å²) in [4.78, 5) is 26.0. The van der Waals surface area contributed by atoms with Gasteiger partial charge in [0.1, 0.15) is 4.88 Å². The van der Waals surface area contributed by atoms with E-state index in [2.05, 4.69) is 10.6 Å². The molecule has 1 aromatic heterocycles. The number of hydrogen-bond donors (Lipinski definition) is 4. The van der Waals surface area contributed by atoms with Crippen molar-refractivity contribution in [1.82, 2.24) is 0 Å². The first-order valence-corrected chi connectivity index (χ1v) is 10.5. The van der Waals surface area contributed by atoms with E-state index in [-0.39, 0.29) is 16.1 Å². The van der Waals surface area contributed by atoms with Gasteiger partial charge in [-0.05, 0) is 36.4 Å².